The van der Waals surface area contributed by atoms with Gasteiger partial charge in [-0.05, 0) is 36.8 Å². The Labute approximate surface area is 178 Å². The van der Waals surface area contributed by atoms with Crippen LogP contribution in [0.3, 0.4) is 0 Å². The predicted molar refractivity (Wildman–Crippen MR) is 111 cm³/mol. The van der Waals surface area contributed by atoms with Crippen molar-refractivity contribution in [3.05, 3.63) is 59.7 Å². The van der Waals surface area contributed by atoms with Crippen molar-refractivity contribution in [3.8, 4) is 5.75 Å². The molecule has 1 spiro atoms. The highest BCUT2D eigenvalue weighted by molar-refractivity contribution is 6.11. The molecule has 2 saturated heterocycles. The van der Waals surface area contributed by atoms with Gasteiger partial charge in [0.25, 0.3) is 5.91 Å². The van der Waals surface area contributed by atoms with Crippen LogP contribution >= 0.6 is 0 Å². The lowest BCUT2D eigenvalue weighted by Crippen LogP contribution is -2.47. The number of ether oxygens (including phenoxy) is 1. The number of anilines is 1. The molecule has 1 atom stereocenters. The zero-order valence-corrected chi connectivity index (χ0v) is 16.8. The predicted octanol–water partition coefficient (Wildman–Crippen LogP) is 2.23. The van der Waals surface area contributed by atoms with E-state index < -0.39 is 17.5 Å². The third-order valence-electron chi connectivity index (χ3n) is 6.13. The van der Waals surface area contributed by atoms with Gasteiger partial charge in [-0.25, -0.2) is 4.79 Å². The van der Waals surface area contributed by atoms with Crippen molar-refractivity contribution in [3.63, 3.8) is 0 Å². The first-order valence-corrected chi connectivity index (χ1v) is 10.3. The molecule has 8 nitrogen and oxygen atoms in total. The number of nitrogens with zero attached hydrogens (tertiary/aromatic N) is 2. The molecule has 0 aromatic heterocycles. The third kappa shape index (κ3) is 3.06. The van der Waals surface area contributed by atoms with E-state index >= 15 is 0 Å². The molecule has 3 heterocycles. The number of benzene rings is 2. The molecule has 8 heteroatoms. The Morgan fingerprint density at radius 3 is 2.58 bits per heavy atom. The molecule has 31 heavy (non-hydrogen) atoms. The second-order valence-electron chi connectivity index (χ2n) is 7.94. The number of hydrogen-bond donors (Lipinski definition) is 1. The number of ketones is 1. The van der Waals surface area contributed by atoms with Crippen LogP contribution in [0.5, 0.6) is 5.75 Å². The molecule has 3 aliphatic rings. The lowest BCUT2D eigenvalue weighted by molar-refractivity contribution is -0.132. The fourth-order valence-electron chi connectivity index (χ4n) is 4.50. The largest absolute Gasteiger partial charge is 0.493 e. The molecule has 5 rings (SSSR count). The third-order valence-corrected chi connectivity index (χ3v) is 6.13. The van der Waals surface area contributed by atoms with Crippen molar-refractivity contribution in [2.45, 2.75) is 24.8 Å². The monoisotopic (exact) mass is 419 g/mol. The van der Waals surface area contributed by atoms with Gasteiger partial charge in [0.2, 0.25) is 5.91 Å². The van der Waals surface area contributed by atoms with Crippen LogP contribution in [0.25, 0.3) is 0 Å². The minimum atomic E-state index is -1.20. The van der Waals surface area contributed by atoms with Crippen LogP contribution in [0.15, 0.2) is 48.5 Å². The summed E-state index contributed by atoms with van der Waals surface area (Å²) in [5.41, 5.74) is 0.525. The van der Waals surface area contributed by atoms with Crippen molar-refractivity contribution < 1.29 is 23.9 Å². The highest BCUT2D eigenvalue weighted by Gasteiger charge is 2.55. The fourth-order valence-corrected chi connectivity index (χ4v) is 4.50. The maximum Gasteiger partial charge on any atom is 0.325 e. The van der Waals surface area contributed by atoms with E-state index in [4.69, 9.17) is 4.74 Å². The lowest BCUT2D eigenvalue weighted by atomic mass is 9.84. The van der Waals surface area contributed by atoms with E-state index in [1.54, 1.807) is 53.4 Å². The van der Waals surface area contributed by atoms with E-state index in [1.807, 2.05) is 0 Å². The summed E-state index contributed by atoms with van der Waals surface area (Å²) in [6, 6.07) is 13.2. The molecule has 2 aromatic rings. The molecule has 4 amide bonds. The average Bonchev–Trinajstić information content (AvgIpc) is 3.31. The summed E-state index contributed by atoms with van der Waals surface area (Å²) < 4.78 is 5.62. The van der Waals surface area contributed by atoms with E-state index in [0.29, 0.717) is 42.9 Å². The number of amides is 4. The average molecular weight is 419 g/mol. The number of rotatable bonds is 4. The number of nitrogens with one attached hydrogen (secondary N) is 1. The van der Waals surface area contributed by atoms with Gasteiger partial charge in [-0.1, -0.05) is 18.2 Å². The van der Waals surface area contributed by atoms with E-state index in [1.165, 1.54) is 0 Å². The van der Waals surface area contributed by atoms with Gasteiger partial charge in [0.15, 0.2) is 11.3 Å². The molecule has 3 aliphatic heterocycles. The maximum atomic E-state index is 13.3. The number of hydrogen-bond acceptors (Lipinski definition) is 5. The van der Waals surface area contributed by atoms with Gasteiger partial charge in [-0.2, -0.15) is 0 Å². The molecule has 2 aromatic carbocycles. The fraction of sp³-hybridized carbons (Fsp3) is 0.304. The van der Waals surface area contributed by atoms with Crippen LogP contribution in [0, 0.1) is 0 Å². The van der Waals surface area contributed by atoms with Gasteiger partial charge >= 0.3 is 6.03 Å². The molecule has 0 aliphatic carbocycles. The van der Waals surface area contributed by atoms with Crippen LogP contribution in [0.2, 0.25) is 0 Å². The lowest BCUT2D eigenvalue weighted by Gasteiger charge is -2.33. The highest BCUT2D eigenvalue weighted by atomic mass is 16.5. The normalized spacial score (nSPS) is 22.5. The van der Waals surface area contributed by atoms with Gasteiger partial charge < -0.3 is 15.0 Å². The summed E-state index contributed by atoms with van der Waals surface area (Å²) in [7, 11) is 0. The number of imide groups is 1. The maximum absolute atomic E-state index is 13.3. The first kappa shape index (κ1) is 19.3. The number of Topliss-reactive ketones (excluding diaryl/α,β-unsaturated/α-hetero) is 1. The van der Waals surface area contributed by atoms with Gasteiger partial charge in [0.05, 0.1) is 13.2 Å². The van der Waals surface area contributed by atoms with E-state index in [2.05, 4.69) is 5.32 Å². The van der Waals surface area contributed by atoms with E-state index in [-0.39, 0.29) is 18.2 Å². The molecule has 1 unspecified atom stereocenters. The SMILES string of the molecule is O=C(CN1C(=O)NC2(CCOc3ccccc32)C1=O)c1ccc(N2CCCC2=O)cc1. The number of urea groups is 1. The number of fused-ring (bicyclic) bond motifs is 2. The second-order valence-corrected chi connectivity index (χ2v) is 7.94. The highest BCUT2D eigenvalue weighted by Crippen LogP contribution is 2.41. The summed E-state index contributed by atoms with van der Waals surface area (Å²) in [6.07, 6.45) is 1.65. The van der Waals surface area contributed by atoms with Crippen molar-refractivity contribution in [2.24, 2.45) is 0 Å². The van der Waals surface area contributed by atoms with Gasteiger partial charge in [0, 0.05) is 36.2 Å². The Morgan fingerprint density at radius 1 is 1.06 bits per heavy atom. The Bertz CT molecular complexity index is 1100. The van der Waals surface area contributed by atoms with Crippen LogP contribution < -0.4 is 15.0 Å². The molecular weight excluding hydrogens is 398 g/mol. The Kier molecular flexibility index (Phi) is 4.50. The molecule has 1 N–H and O–H groups in total. The van der Waals surface area contributed by atoms with Gasteiger partial charge in [0.1, 0.15) is 5.75 Å². The Hall–Kier alpha value is -3.68. The number of para-hydroxylation sites is 1. The van der Waals surface area contributed by atoms with Crippen molar-refractivity contribution in [2.75, 3.05) is 24.6 Å². The molecular formula is C23H21N3O5. The van der Waals surface area contributed by atoms with Crippen LogP contribution in [-0.2, 0) is 15.1 Å². The first-order valence-electron chi connectivity index (χ1n) is 10.3. The summed E-state index contributed by atoms with van der Waals surface area (Å²) in [5.74, 6) is -0.163. The standard InChI is InChI=1S/C23H21N3O5/c27-18(15-7-9-16(10-8-15)25-12-3-6-20(25)28)14-26-21(29)23(24-22(26)30)11-13-31-19-5-2-1-4-17(19)23/h1-2,4-5,7-10H,3,6,11-14H2,(H,24,30). The van der Waals surface area contributed by atoms with Crippen LogP contribution in [0.1, 0.15) is 35.2 Å². The Balaban J connectivity index is 1.35. The summed E-state index contributed by atoms with van der Waals surface area (Å²) in [5, 5.41) is 2.79. The van der Waals surface area contributed by atoms with Crippen molar-refractivity contribution >= 4 is 29.3 Å². The van der Waals surface area contributed by atoms with Crippen molar-refractivity contribution in [1.29, 1.82) is 0 Å². The zero-order valence-electron chi connectivity index (χ0n) is 16.8. The molecule has 158 valence electrons. The van der Waals surface area contributed by atoms with E-state index in [9.17, 15) is 19.2 Å². The molecule has 2 fully saturated rings. The quantitative estimate of drug-likeness (QED) is 0.606. The van der Waals surface area contributed by atoms with E-state index in [0.717, 1.165) is 17.0 Å². The minimum absolute atomic E-state index is 0.0699. The topological polar surface area (TPSA) is 96.0 Å². The number of carbonyl (C=O) groups is 4. The van der Waals surface area contributed by atoms with Gasteiger partial charge in [-0.15, -0.1) is 0 Å². The van der Waals surface area contributed by atoms with Crippen molar-refractivity contribution in [1.82, 2.24) is 10.2 Å². The summed E-state index contributed by atoms with van der Waals surface area (Å²) in [6.45, 7) is 0.612. The smallest absolute Gasteiger partial charge is 0.325 e. The molecule has 0 saturated carbocycles. The summed E-state index contributed by atoms with van der Waals surface area (Å²) >= 11 is 0. The zero-order chi connectivity index (χ0) is 21.6. The second kappa shape index (κ2) is 7.23. The molecule has 0 radical (unpaired) electrons. The summed E-state index contributed by atoms with van der Waals surface area (Å²) in [4.78, 5) is 53.3. The Morgan fingerprint density at radius 2 is 1.84 bits per heavy atom. The first-order chi connectivity index (χ1) is 15.0. The molecule has 0 bridgehead atoms. The van der Waals surface area contributed by atoms with Gasteiger partial charge in [-0.3, -0.25) is 19.3 Å². The number of carbonyl (C=O) groups excluding carboxylic acids is 4. The minimum Gasteiger partial charge on any atom is -0.493 e. The van der Waals surface area contributed by atoms with Crippen LogP contribution in [-0.4, -0.2) is 48.2 Å². The van der Waals surface area contributed by atoms with Crippen LogP contribution in [0.4, 0.5) is 10.5 Å².